The van der Waals surface area contributed by atoms with Gasteiger partial charge < -0.3 is 4.74 Å². The summed E-state index contributed by atoms with van der Waals surface area (Å²) in [5, 5.41) is 0. The van der Waals surface area contributed by atoms with E-state index in [1.165, 1.54) is 5.56 Å². The van der Waals surface area contributed by atoms with Crippen molar-refractivity contribution in [1.29, 1.82) is 0 Å². The summed E-state index contributed by atoms with van der Waals surface area (Å²) in [6, 6.07) is 8.04. The van der Waals surface area contributed by atoms with E-state index < -0.39 is 9.05 Å². The molecule has 0 spiro atoms. The smallest absolute Gasteiger partial charge is 0.232 e. The van der Waals surface area contributed by atoms with Crippen LogP contribution < -0.4 is 4.74 Å². The van der Waals surface area contributed by atoms with E-state index in [9.17, 15) is 8.42 Å². The Bertz CT molecular complexity index is 547. The van der Waals surface area contributed by atoms with Crippen molar-refractivity contribution in [2.24, 2.45) is 5.92 Å². The summed E-state index contributed by atoms with van der Waals surface area (Å²) in [7, 11) is 1.83. The first-order valence-corrected chi connectivity index (χ1v) is 9.72. The van der Waals surface area contributed by atoms with E-state index in [0.717, 1.165) is 12.2 Å². The molecule has 0 saturated carbocycles. The minimum Gasteiger partial charge on any atom is -0.493 e. The molecule has 21 heavy (non-hydrogen) atoms. The fourth-order valence-electron chi connectivity index (χ4n) is 2.07. The summed E-state index contributed by atoms with van der Waals surface area (Å²) in [4.78, 5) is 0. The van der Waals surface area contributed by atoms with Crippen molar-refractivity contribution in [3.05, 3.63) is 29.8 Å². The molecule has 0 aliphatic heterocycles. The molecule has 0 fully saturated rings. The van der Waals surface area contributed by atoms with Gasteiger partial charge in [0.05, 0.1) is 12.4 Å². The van der Waals surface area contributed by atoms with Crippen LogP contribution in [0.15, 0.2) is 24.3 Å². The Kier molecular flexibility index (Phi) is 6.54. The highest BCUT2D eigenvalue weighted by Crippen LogP contribution is 2.31. The van der Waals surface area contributed by atoms with Gasteiger partial charge in [0.25, 0.3) is 0 Å². The van der Waals surface area contributed by atoms with Crippen molar-refractivity contribution >= 4 is 19.7 Å². The summed E-state index contributed by atoms with van der Waals surface area (Å²) in [6.07, 6.45) is 1.38. The Morgan fingerprint density at radius 1 is 1.19 bits per heavy atom. The van der Waals surface area contributed by atoms with E-state index in [2.05, 4.69) is 26.8 Å². The van der Waals surface area contributed by atoms with Crippen LogP contribution in [0.4, 0.5) is 0 Å². The first kappa shape index (κ1) is 18.3. The number of halogens is 1. The molecule has 1 rings (SSSR count). The molecular weight excluding hydrogens is 308 g/mol. The Hall–Kier alpha value is -0.740. The average Bonchev–Trinajstić information content (AvgIpc) is 2.35. The van der Waals surface area contributed by atoms with Crippen LogP contribution in [0, 0.1) is 5.92 Å². The van der Waals surface area contributed by atoms with E-state index in [1.807, 2.05) is 25.1 Å². The lowest BCUT2D eigenvalue weighted by molar-refractivity contribution is 0.276. The molecule has 0 radical (unpaired) electrons. The van der Waals surface area contributed by atoms with Crippen LogP contribution in [-0.2, 0) is 14.5 Å². The molecule has 0 amide bonds. The SMILES string of the molecule is CC(CCOc1ccccc1C(C)(C)C)CCS(=O)(=O)Cl. The van der Waals surface area contributed by atoms with Crippen molar-refractivity contribution in [3.63, 3.8) is 0 Å². The Labute approximate surface area is 133 Å². The molecule has 0 bridgehead atoms. The topological polar surface area (TPSA) is 43.4 Å². The minimum absolute atomic E-state index is 0.0221. The van der Waals surface area contributed by atoms with Gasteiger partial charge in [0, 0.05) is 10.7 Å². The second-order valence-corrected chi connectivity index (χ2v) is 9.42. The second-order valence-electron chi connectivity index (χ2n) is 6.52. The minimum atomic E-state index is -3.39. The van der Waals surface area contributed by atoms with Crippen LogP contribution >= 0.6 is 10.7 Å². The largest absolute Gasteiger partial charge is 0.493 e. The van der Waals surface area contributed by atoms with Crippen molar-refractivity contribution in [1.82, 2.24) is 0 Å². The third kappa shape index (κ3) is 7.18. The van der Waals surface area contributed by atoms with Gasteiger partial charge in [-0.25, -0.2) is 8.42 Å². The van der Waals surface area contributed by atoms with Gasteiger partial charge in [-0.15, -0.1) is 0 Å². The lowest BCUT2D eigenvalue weighted by atomic mass is 9.86. The van der Waals surface area contributed by atoms with Gasteiger partial charge in [-0.3, -0.25) is 0 Å². The number of rotatable bonds is 7. The Morgan fingerprint density at radius 2 is 1.81 bits per heavy atom. The van der Waals surface area contributed by atoms with Crippen LogP contribution in [0.2, 0.25) is 0 Å². The maximum Gasteiger partial charge on any atom is 0.232 e. The molecule has 3 nitrogen and oxygen atoms in total. The summed E-state index contributed by atoms with van der Waals surface area (Å²) < 4.78 is 27.7. The second kappa shape index (κ2) is 7.50. The third-order valence-corrected chi connectivity index (χ3v) is 4.60. The fraction of sp³-hybridized carbons (Fsp3) is 0.625. The zero-order chi connectivity index (χ0) is 16.1. The molecule has 0 N–H and O–H groups in total. The number of hydrogen-bond acceptors (Lipinski definition) is 3. The number of hydrogen-bond donors (Lipinski definition) is 0. The van der Waals surface area contributed by atoms with Gasteiger partial charge in [0.15, 0.2) is 0 Å². The van der Waals surface area contributed by atoms with E-state index in [1.54, 1.807) is 0 Å². The summed E-state index contributed by atoms with van der Waals surface area (Å²) in [5.74, 6) is 1.19. The maximum absolute atomic E-state index is 10.9. The summed E-state index contributed by atoms with van der Waals surface area (Å²) in [6.45, 7) is 9.06. The highest BCUT2D eigenvalue weighted by molar-refractivity contribution is 8.13. The van der Waals surface area contributed by atoms with Crippen molar-refractivity contribution < 1.29 is 13.2 Å². The Morgan fingerprint density at radius 3 is 2.38 bits per heavy atom. The standard InChI is InChI=1S/C16H25ClO3S/c1-13(10-12-21(17,18)19)9-11-20-15-8-6-5-7-14(15)16(2,3)4/h5-8,13H,9-12H2,1-4H3. The summed E-state index contributed by atoms with van der Waals surface area (Å²) >= 11 is 0. The predicted octanol–water partition coefficient (Wildman–Crippen LogP) is 4.35. The molecule has 0 aliphatic carbocycles. The molecule has 5 heteroatoms. The molecule has 120 valence electrons. The lowest BCUT2D eigenvalue weighted by Crippen LogP contribution is -2.14. The molecule has 1 aromatic carbocycles. The van der Waals surface area contributed by atoms with Crippen LogP contribution in [0.3, 0.4) is 0 Å². The molecule has 1 aromatic rings. The zero-order valence-corrected chi connectivity index (χ0v) is 14.8. The maximum atomic E-state index is 10.9. The van der Waals surface area contributed by atoms with Crippen molar-refractivity contribution in [2.75, 3.05) is 12.4 Å². The normalized spacial score (nSPS) is 14.0. The monoisotopic (exact) mass is 332 g/mol. The molecule has 1 atom stereocenters. The van der Waals surface area contributed by atoms with Crippen LogP contribution in [0.1, 0.15) is 46.1 Å². The summed E-state index contributed by atoms with van der Waals surface area (Å²) in [5.41, 5.74) is 1.22. The zero-order valence-electron chi connectivity index (χ0n) is 13.2. The number of ether oxygens (including phenoxy) is 1. The highest BCUT2D eigenvalue weighted by atomic mass is 35.7. The van der Waals surface area contributed by atoms with Gasteiger partial charge in [0.2, 0.25) is 9.05 Å². The van der Waals surface area contributed by atoms with Gasteiger partial charge in [0.1, 0.15) is 5.75 Å². The van der Waals surface area contributed by atoms with Crippen LogP contribution in [0.25, 0.3) is 0 Å². The Balaban J connectivity index is 2.50. The van der Waals surface area contributed by atoms with E-state index >= 15 is 0 Å². The van der Waals surface area contributed by atoms with Crippen LogP contribution in [-0.4, -0.2) is 20.8 Å². The molecule has 0 saturated heterocycles. The van der Waals surface area contributed by atoms with Crippen LogP contribution in [0.5, 0.6) is 5.75 Å². The quantitative estimate of drug-likeness (QED) is 0.697. The lowest BCUT2D eigenvalue weighted by Gasteiger charge is -2.23. The molecule has 1 unspecified atom stereocenters. The van der Waals surface area contributed by atoms with Gasteiger partial charge in [-0.05, 0) is 35.8 Å². The molecule has 0 heterocycles. The first-order valence-electron chi connectivity index (χ1n) is 7.24. The fourth-order valence-corrected chi connectivity index (χ4v) is 3.02. The van der Waals surface area contributed by atoms with E-state index in [0.29, 0.717) is 13.0 Å². The number of para-hydroxylation sites is 1. The molecule has 0 aliphatic rings. The molecule has 0 aromatic heterocycles. The van der Waals surface area contributed by atoms with E-state index in [4.69, 9.17) is 15.4 Å². The van der Waals surface area contributed by atoms with E-state index in [-0.39, 0.29) is 17.1 Å². The van der Waals surface area contributed by atoms with Crippen molar-refractivity contribution in [3.8, 4) is 5.75 Å². The van der Waals surface area contributed by atoms with Gasteiger partial charge >= 0.3 is 0 Å². The molecular formula is C16H25ClO3S. The predicted molar refractivity (Wildman–Crippen MR) is 88.7 cm³/mol. The van der Waals surface area contributed by atoms with Gasteiger partial charge in [-0.2, -0.15) is 0 Å². The highest BCUT2D eigenvalue weighted by Gasteiger charge is 2.18. The number of benzene rings is 1. The van der Waals surface area contributed by atoms with Crippen molar-refractivity contribution in [2.45, 2.75) is 46.0 Å². The third-order valence-electron chi connectivity index (χ3n) is 3.42. The first-order chi connectivity index (χ1) is 9.59. The average molecular weight is 333 g/mol. The van der Waals surface area contributed by atoms with Gasteiger partial charge in [-0.1, -0.05) is 45.9 Å².